The summed E-state index contributed by atoms with van der Waals surface area (Å²) in [4.78, 5) is 11.2. The number of nitrogens with one attached hydrogen (secondary N) is 1. The molecule has 2 fully saturated rings. The summed E-state index contributed by atoms with van der Waals surface area (Å²) in [6, 6.07) is 5.14. The molecule has 4 nitrogen and oxygen atoms in total. The Hall–Kier alpha value is -1.75. The molecule has 0 amide bonds. The number of piperidine rings is 1. The van der Waals surface area contributed by atoms with E-state index in [0.29, 0.717) is 11.6 Å². The maximum Gasteiger partial charge on any atom is 0.147 e. The summed E-state index contributed by atoms with van der Waals surface area (Å²) >= 11 is 0. The number of nitrogens with zero attached hydrogens (tertiary/aromatic N) is 3. The zero-order chi connectivity index (χ0) is 12.8. The molecule has 0 saturated carbocycles. The smallest absolute Gasteiger partial charge is 0.147 e. The van der Waals surface area contributed by atoms with Crippen LogP contribution in [0.5, 0.6) is 0 Å². The molecule has 0 spiro atoms. The Bertz CT molecular complexity index is 630. The molecule has 5 heteroatoms. The van der Waals surface area contributed by atoms with Crippen molar-refractivity contribution < 1.29 is 4.39 Å². The zero-order valence-electron chi connectivity index (χ0n) is 10.5. The lowest BCUT2D eigenvalue weighted by atomic mass is 9.85. The lowest BCUT2D eigenvalue weighted by molar-refractivity contribution is 0.196. The van der Waals surface area contributed by atoms with Gasteiger partial charge in [0.2, 0.25) is 0 Å². The van der Waals surface area contributed by atoms with E-state index in [1.807, 2.05) is 0 Å². The summed E-state index contributed by atoms with van der Waals surface area (Å²) in [6.45, 7) is 3.18. The van der Waals surface area contributed by atoms with E-state index in [1.165, 1.54) is 18.6 Å². The fourth-order valence-corrected chi connectivity index (χ4v) is 2.95. The Morgan fingerprint density at radius 2 is 2.26 bits per heavy atom. The van der Waals surface area contributed by atoms with E-state index >= 15 is 0 Å². The minimum Gasteiger partial charge on any atom is -0.354 e. The predicted molar refractivity (Wildman–Crippen MR) is 71.6 cm³/mol. The van der Waals surface area contributed by atoms with Crippen molar-refractivity contribution in [3.63, 3.8) is 0 Å². The lowest BCUT2D eigenvalue weighted by Crippen LogP contribution is -2.62. The number of halogens is 1. The molecule has 0 unspecified atom stereocenters. The third-order valence-electron chi connectivity index (χ3n) is 4.21. The Morgan fingerprint density at radius 1 is 1.32 bits per heavy atom. The molecule has 4 rings (SSSR count). The topological polar surface area (TPSA) is 41.1 Å². The SMILES string of the molecule is Fc1ccc2nc(N3CC[C@@H]4CN[C@@H]4C3)cnc2c1. The highest BCUT2D eigenvalue weighted by Gasteiger charge is 2.35. The lowest BCUT2D eigenvalue weighted by Gasteiger charge is -2.46. The van der Waals surface area contributed by atoms with Crippen molar-refractivity contribution in [2.45, 2.75) is 12.5 Å². The number of benzene rings is 1. The Morgan fingerprint density at radius 3 is 3.05 bits per heavy atom. The first-order valence-corrected chi connectivity index (χ1v) is 6.70. The van der Waals surface area contributed by atoms with Crippen LogP contribution in [0.15, 0.2) is 24.4 Å². The van der Waals surface area contributed by atoms with Crippen molar-refractivity contribution in [3.8, 4) is 0 Å². The van der Waals surface area contributed by atoms with Gasteiger partial charge in [0.25, 0.3) is 0 Å². The summed E-state index contributed by atoms with van der Waals surface area (Å²) in [6.07, 6.45) is 2.96. The summed E-state index contributed by atoms with van der Waals surface area (Å²) in [7, 11) is 0. The molecule has 2 saturated heterocycles. The van der Waals surface area contributed by atoms with E-state index in [0.717, 1.165) is 36.9 Å². The molecular weight excluding hydrogens is 243 g/mol. The van der Waals surface area contributed by atoms with Crippen LogP contribution in [0.1, 0.15) is 6.42 Å². The molecule has 0 aliphatic carbocycles. The van der Waals surface area contributed by atoms with E-state index < -0.39 is 0 Å². The van der Waals surface area contributed by atoms with E-state index in [1.54, 1.807) is 12.3 Å². The van der Waals surface area contributed by atoms with Crippen LogP contribution in [0.25, 0.3) is 11.0 Å². The first-order valence-electron chi connectivity index (χ1n) is 6.70. The van der Waals surface area contributed by atoms with Crippen LogP contribution in [0.3, 0.4) is 0 Å². The molecule has 3 heterocycles. The van der Waals surface area contributed by atoms with Gasteiger partial charge in [-0.1, -0.05) is 0 Å². The molecule has 2 aromatic rings. The molecule has 2 atom stereocenters. The van der Waals surface area contributed by atoms with Gasteiger partial charge in [0.05, 0.1) is 17.2 Å². The highest BCUT2D eigenvalue weighted by Crippen LogP contribution is 2.27. The molecule has 1 aromatic heterocycles. The molecule has 19 heavy (non-hydrogen) atoms. The van der Waals surface area contributed by atoms with Crippen LogP contribution < -0.4 is 10.2 Å². The number of anilines is 1. The van der Waals surface area contributed by atoms with Crippen LogP contribution in [0, 0.1) is 11.7 Å². The monoisotopic (exact) mass is 258 g/mol. The van der Waals surface area contributed by atoms with Gasteiger partial charge in [-0.25, -0.2) is 9.37 Å². The first-order chi connectivity index (χ1) is 9.29. The van der Waals surface area contributed by atoms with Gasteiger partial charge in [0, 0.05) is 25.2 Å². The van der Waals surface area contributed by atoms with Crippen molar-refractivity contribution in [2.24, 2.45) is 5.92 Å². The van der Waals surface area contributed by atoms with E-state index in [9.17, 15) is 4.39 Å². The second kappa shape index (κ2) is 4.13. The fourth-order valence-electron chi connectivity index (χ4n) is 2.95. The predicted octanol–water partition coefficient (Wildman–Crippen LogP) is 1.57. The fraction of sp³-hybridized carbons (Fsp3) is 0.429. The number of fused-ring (bicyclic) bond motifs is 2. The van der Waals surface area contributed by atoms with Gasteiger partial charge in [-0.2, -0.15) is 0 Å². The van der Waals surface area contributed by atoms with Crippen LogP contribution in [-0.4, -0.2) is 35.6 Å². The quantitative estimate of drug-likeness (QED) is 0.843. The van der Waals surface area contributed by atoms with Gasteiger partial charge in [-0.15, -0.1) is 0 Å². The van der Waals surface area contributed by atoms with Gasteiger partial charge in [-0.3, -0.25) is 4.98 Å². The van der Waals surface area contributed by atoms with E-state index in [4.69, 9.17) is 0 Å². The van der Waals surface area contributed by atoms with E-state index in [2.05, 4.69) is 20.2 Å². The van der Waals surface area contributed by atoms with E-state index in [-0.39, 0.29) is 5.82 Å². The van der Waals surface area contributed by atoms with Crippen molar-refractivity contribution >= 4 is 16.9 Å². The average molecular weight is 258 g/mol. The van der Waals surface area contributed by atoms with Crippen molar-refractivity contribution in [1.29, 1.82) is 0 Å². The number of hydrogen-bond acceptors (Lipinski definition) is 4. The maximum absolute atomic E-state index is 13.1. The minimum atomic E-state index is -0.269. The van der Waals surface area contributed by atoms with Gasteiger partial charge < -0.3 is 10.2 Å². The molecule has 98 valence electrons. The zero-order valence-corrected chi connectivity index (χ0v) is 10.5. The van der Waals surface area contributed by atoms with Crippen molar-refractivity contribution in [3.05, 3.63) is 30.2 Å². The molecule has 2 aliphatic heterocycles. The number of aromatic nitrogens is 2. The molecule has 1 N–H and O–H groups in total. The molecule has 2 aliphatic rings. The Labute approximate surface area is 110 Å². The molecule has 1 aromatic carbocycles. The third kappa shape index (κ3) is 1.85. The Kier molecular flexibility index (Phi) is 2.41. The van der Waals surface area contributed by atoms with Gasteiger partial charge in [0.1, 0.15) is 11.6 Å². The molecule has 0 radical (unpaired) electrons. The first kappa shape index (κ1) is 11.1. The van der Waals surface area contributed by atoms with Gasteiger partial charge in [-0.05, 0) is 31.0 Å². The van der Waals surface area contributed by atoms with Crippen molar-refractivity contribution in [1.82, 2.24) is 15.3 Å². The van der Waals surface area contributed by atoms with Gasteiger partial charge in [0.15, 0.2) is 0 Å². The average Bonchev–Trinajstić information content (AvgIpc) is 2.40. The normalized spacial score (nSPS) is 26.1. The largest absolute Gasteiger partial charge is 0.354 e. The number of rotatable bonds is 1. The second-order valence-corrected chi connectivity index (χ2v) is 5.37. The summed E-state index contributed by atoms with van der Waals surface area (Å²) in [5, 5.41) is 3.45. The summed E-state index contributed by atoms with van der Waals surface area (Å²) in [5.41, 5.74) is 1.36. The molecule has 0 bridgehead atoms. The maximum atomic E-state index is 13.1. The summed E-state index contributed by atoms with van der Waals surface area (Å²) in [5.74, 6) is 1.46. The third-order valence-corrected chi connectivity index (χ3v) is 4.21. The van der Waals surface area contributed by atoms with Crippen LogP contribution >= 0.6 is 0 Å². The highest BCUT2D eigenvalue weighted by atomic mass is 19.1. The standard InChI is InChI=1S/C14H15FN4/c15-10-1-2-11-12(5-10)17-7-14(18-11)19-4-3-9-6-16-13(9)8-19/h1-2,5,7,9,13,16H,3-4,6,8H2/t9-,13-/m1/s1. The Balaban J connectivity index is 1.65. The molecular formula is C14H15FN4. The minimum absolute atomic E-state index is 0.269. The van der Waals surface area contributed by atoms with Crippen molar-refractivity contribution in [2.75, 3.05) is 24.5 Å². The van der Waals surface area contributed by atoms with Crippen LogP contribution in [0.4, 0.5) is 10.2 Å². The second-order valence-electron chi connectivity index (χ2n) is 5.37. The van der Waals surface area contributed by atoms with Gasteiger partial charge >= 0.3 is 0 Å². The summed E-state index contributed by atoms with van der Waals surface area (Å²) < 4.78 is 13.1. The van der Waals surface area contributed by atoms with Crippen LogP contribution in [-0.2, 0) is 0 Å². The number of hydrogen-bond donors (Lipinski definition) is 1. The highest BCUT2D eigenvalue weighted by molar-refractivity contribution is 5.75. The van der Waals surface area contributed by atoms with Crippen LogP contribution in [0.2, 0.25) is 0 Å².